The molecule has 0 aromatic heterocycles. The first-order valence-electron chi connectivity index (χ1n) is 7.37. The number of urea groups is 1. The van der Waals surface area contributed by atoms with E-state index in [0.29, 0.717) is 32.4 Å². The molecule has 2 rings (SSSR count). The number of morpholine rings is 1. The molecule has 0 aromatic rings. The standard InChI is InChI=1S/C14H24N2O5/c1-14(2)8-16(6-11(7-17)21-14)13(20)15-10-4-3-9(5-10)12(18)19/h9-11,17H,3-8H2,1-2H3,(H,15,20)(H,18,19)/t9-,10+,11?/m1/s1. The van der Waals surface area contributed by atoms with Crippen LogP contribution in [0.4, 0.5) is 4.79 Å². The number of hydrogen-bond donors (Lipinski definition) is 3. The Labute approximate surface area is 124 Å². The van der Waals surface area contributed by atoms with E-state index in [2.05, 4.69) is 5.32 Å². The van der Waals surface area contributed by atoms with Gasteiger partial charge >= 0.3 is 12.0 Å². The quantitative estimate of drug-likeness (QED) is 0.701. The summed E-state index contributed by atoms with van der Waals surface area (Å²) < 4.78 is 5.67. The van der Waals surface area contributed by atoms with Crippen molar-refractivity contribution in [1.29, 1.82) is 0 Å². The van der Waals surface area contributed by atoms with E-state index in [9.17, 15) is 14.7 Å². The molecular weight excluding hydrogens is 276 g/mol. The molecular formula is C14H24N2O5. The van der Waals surface area contributed by atoms with Gasteiger partial charge in [-0.1, -0.05) is 0 Å². The zero-order valence-corrected chi connectivity index (χ0v) is 12.5. The van der Waals surface area contributed by atoms with Gasteiger partial charge in [-0.3, -0.25) is 4.79 Å². The molecule has 1 heterocycles. The molecule has 7 nitrogen and oxygen atoms in total. The first-order valence-corrected chi connectivity index (χ1v) is 7.37. The Morgan fingerprint density at radius 1 is 1.38 bits per heavy atom. The summed E-state index contributed by atoms with van der Waals surface area (Å²) in [7, 11) is 0. The van der Waals surface area contributed by atoms with Crippen LogP contribution in [0.1, 0.15) is 33.1 Å². The SMILES string of the molecule is CC1(C)CN(C(=O)N[C@H]2CC[C@@H](C(=O)O)C2)CC(CO)O1. The highest BCUT2D eigenvalue weighted by atomic mass is 16.5. The third-order valence-corrected chi connectivity index (χ3v) is 4.08. The third kappa shape index (κ3) is 4.07. The minimum atomic E-state index is -0.792. The van der Waals surface area contributed by atoms with Crippen LogP contribution in [0, 0.1) is 5.92 Å². The van der Waals surface area contributed by atoms with Crippen LogP contribution in [-0.2, 0) is 9.53 Å². The lowest BCUT2D eigenvalue weighted by Gasteiger charge is -2.42. The average molecular weight is 300 g/mol. The van der Waals surface area contributed by atoms with Gasteiger partial charge in [0.05, 0.1) is 37.3 Å². The van der Waals surface area contributed by atoms with Crippen molar-refractivity contribution in [3.05, 3.63) is 0 Å². The molecule has 0 spiro atoms. The summed E-state index contributed by atoms with van der Waals surface area (Å²) >= 11 is 0. The van der Waals surface area contributed by atoms with Gasteiger partial charge < -0.3 is 25.2 Å². The highest BCUT2D eigenvalue weighted by Crippen LogP contribution is 2.26. The van der Waals surface area contributed by atoms with Gasteiger partial charge in [0, 0.05) is 6.04 Å². The number of nitrogens with zero attached hydrogens (tertiary/aromatic N) is 1. The van der Waals surface area contributed by atoms with E-state index in [1.54, 1.807) is 4.90 Å². The maximum Gasteiger partial charge on any atom is 0.317 e. The number of aliphatic carboxylic acids is 1. The lowest BCUT2D eigenvalue weighted by Crippen LogP contribution is -2.58. The summed E-state index contributed by atoms with van der Waals surface area (Å²) in [4.78, 5) is 24.9. The molecule has 2 amide bonds. The van der Waals surface area contributed by atoms with E-state index in [1.165, 1.54) is 0 Å². The molecule has 2 fully saturated rings. The van der Waals surface area contributed by atoms with Gasteiger partial charge in [0.1, 0.15) is 0 Å². The van der Waals surface area contributed by atoms with Crippen molar-refractivity contribution >= 4 is 12.0 Å². The average Bonchev–Trinajstić information content (AvgIpc) is 2.85. The summed E-state index contributed by atoms with van der Waals surface area (Å²) in [5, 5.41) is 21.1. The number of nitrogens with one attached hydrogen (secondary N) is 1. The Kier molecular flexibility index (Phi) is 4.73. The first-order chi connectivity index (χ1) is 9.80. The molecule has 3 atom stereocenters. The van der Waals surface area contributed by atoms with Crippen LogP contribution in [0.5, 0.6) is 0 Å². The normalized spacial score (nSPS) is 32.0. The first kappa shape index (κ1) is 16.0. The van der Waals surface area contributed by atoms with Gasteiger partial charge in [-0.05, 0) is 33.1 Å². The van der Waals surface area contributed by atoms with Gasteiger partial charge in [-0.15, -0.1) is 0 Å². The van der Waals surface area contributed by atoms with Gasteiger partial charge in [0.2, 0.25) is 0 Å². The Morgan fingerprint density at radius 3 is 2.67 bits per heavy atom. The van der Waals surface area contributed by atoms with E-state index >= 15 is 0 Å². The molecule has 0 bridgehead atoms. The van der Waals surface area contributed by atoms with E-state index in [0.717, 1.165) is 0 Å². The largest absolute Gasteiger partial charge is 0.481 e. The zero-order valence-electron chi connectivity index (χ0n) is 12.5. The topological polar surface area (TPSA) is 99.1 Å². The summed E-state index contributed by atoms with van der Waals surface area (Å²) in [6.07, 6.45) is 1.40. The van der Waals surface area contributed by atoms with E-state index in [4.69, 9.17) is 9.84 Å². The highest BCUT2D eigenvalue weighted by Gasteiger charge is 2.37. The highest BCUT2D eigenvalue weighted by molar-refractivity contribution is 5.75. The maximum absolute atomic E-state index is 12.3. The predicted octanol–water partition coefficient (Wildman–Crippen LogP) is 0.421. The minimum absolute atomic E-state index is 0.0860. The molecule has 120 valence electrons. The number of aliphatic hydroxyl groups is 1. The van der Waals surface area contributed by atoms with Crippen molar-refractivity contribution in [2.45, 2.75) is 50.9 Å². The van der Waals surface area contributed by atoms with Crippen molar-refractivity contribution < 1.29 is 24.5 Å². The third-order valence-electron chi connectivity index (χ3n) is 4.08. The number of carbonyl (C=O) groups is 2. The number of carbonyl (C=O) groups excluding carboxylic acids is 1. The van der Waals surface area contributed by atoms with Crippen molar-refractivity contribution in [1.82, 2.24) is 10.2 Å². The second-order valence-electron chi connectivity index (χ2n) is 6.56. The number of hydrogen-bond acceptors (Lipinski definition) is 4. The monoisotopic (exact) mass is 300 g/mol. The van der Waals surface area contributed by atoms with Crippen LogP contribution in [0.15, 0.2) is 0 Å². The van der Waals surface area contributed by atoms with Crippen molar-refractivity contribution in [2.24, 2.45) is 5.92 Å². The van der Waals surface area contributed by atoms with Gasteiger partial charge in [-0.2, -0.15) is 0 Å². The molecule has 1 saturated heterocycles. The second-order valence-corrected chi connectivity index (χ2v) is 6.56. The van der Waals surface area contributed by atoms with Crippen LogP contribution in [0.2, 0.25) is 0 Å². The van der Waals surface area contributed by atoms with Crippen LogP contribution in [-0.4, -0.2) is 64.6 Å². The summed E-state index contributed by atoms with van der Waals surface area (Å²) in [5.41, 5.74) is -0.498. The number of carboxylic acid groups (broad SMARTS) is 1. The Bertz CT molecular complexity index is 412. The maximum atomic E-state index is 12.3. The van der Waals surface area contributed by atoms with Crippen molar-refractivity contribution in [3.63, 3.8) is 0 Å². The van der Waals surface area contributed by atoms with Crippen LogP contribution in [0.3, 0.4) is 0 Å². The van der Waals surface area contributed by atoms with Gasteiger partial charge in [-0.25, -0.2) is 4.79 Å². The summed E-state index contributed by atoms with van der Waals surface area (Å²) in [6, 6.07) is -0.294. The second kappa shape index (κ2) is 6.19. The molecule has 1 unspecified atom stereocenters. The number of ether oxygens (including phenoxy) is 1. The van der Waals surface area contributed by atoms with E-state index < -0.39 is 11.6 Å². The smallest absolute Gasteiger partial charge is 0.317 e. The minimum Gasteiger partial charge on any atom is -0.481 e. The molecule has 3 N–H and O–H groups in total. The molecule has 21 heavy (non-hydrogen) atoms. The Morgan fingerprint density at radius 2 is 2.10 bits per heavy atom. The number of carboxylic acids is 1. The summed E-state index contributed by atoms with van der Waals surface area (Å²) in [5.74, 6) is -1.15. The van der Waals surface area contributed by atoms with Crippen molar-refractivity contribution in [2.75, 3.05) is 19.7 Å². The Balaban J connectivity index is 1.89. The lowest BCUT2D eigenvalue weighted by atomic mass is 10.1. The molecule has 0 aromatic carbocycles. The molecule has 0 radical (unpaired) electrons. The molecule has 1 aliphatic heterocycles. The van der Waals surface area contributed by atoms with Crippen molar-refractivity contribution in [3.8, 4) is 0 Å². The summed E-state index contributed by atoms with van der Waals surface area (Å²) in [6.45, 7) is 4.43. The molecule has 1 aliphatic carbocycles. The fraction of sp³-hybridized carbons (Fsp3) is 0.857. The van der Waals surface area contributed by atoms with Crippen LogP contribution < -0.4 is 5.32 Å². The number of rotatable bonds is 3. The number of amides is 2. The Hall–Kier alpha value is -1.34. The number of aliphatic hydroxyl groups excluding tert-OH is 1. The molecule has 1 saturated carbocycles. The fourth-order valence-corrected chi connectivity index (χ4v) is 3.15. The van der Waals surface area contributed by atoms with E-state index in [1.807, 2.05) is 13.8 Å². The molecule has 2 aliphatic rings. The fourth-order valence-electron chi connectivity index (χ4n) is 3.15. The zero-order chi connectivity index (χ0) is 15.6. The van der Waals surface area contributed by atoms with Crippen LogP contribution in [0.25, 0.3) is 0 Å². The lowest BCUT2D eigenvalue weighted by molar-refractivity contribution is -0.141. The predicted molar refractivity (Wildman–Crippen MR) is 74.9 cm³/mol. The van der Waals surface area contributed by atoms with Gasteiger partial charge in [0.25, 0.3) is 0 Å². The van der Waals surface area contributed by atoms with Gasteiger partial charge in [0.15, 0.2) is 0 Å². The van der Waals surface area contributed by atoms with E-state index in [-0.39, 0.29) is 30.7 Å². The molecule has 7 heteroatoms. The van der Waals surface area contributed by atoms with Crippen LogP contribution >= 0.6 is 0 Å².